The first kappa shape index (κ1) is 16.1. The van der Waals surface area contributed by atoms with Gasteiger partial charge in [-0.3, -0.25) is 4.79 Å². The van der Waals surface area contributed by atoms with E-state index in [4.69, 9.17) is 0 Å². The molecule has 1 saturated carbocycles. The zero-order chi connectivity index (χ0) is 15.7. The molecule has 4 atom stereocenters. The van der Waals surface area contributed by atoms with Crippen molar-refractivity contribution in [3.63, 3.8) is 0 Å². The molecule has 0 aromatic heterocycles. The Kier molecular flexibility index (Phi) is 4.79. The lowest BCUT2D eigenvalue weighted by Crippen LogP contribution is -2.57. The first-order valence-electron chi connectivity index (χ1n) is 8.03. The molecule has 1 aliphatic heterocycles. The average Bonchev–Trinajstić information content (AvgIpc) is 3.03. The van der Waals surface area contributed by atoms with Gasteiger partial charge in [0.15, 0.2) is 0 Å². The van der Waals surface area contributed by atoms with Crippen LogP contribution >= 0.6 is 0 Å². The van der Waals surface area contributed by atoms with Crippen molar-refractivity contribution in [2.75, 3.05) is 7.11 Å². The van der Waals surface area contributed by atoms with Gasteiger partial charge in [-0.25, -0.2) is 4.79 Å². The van der Waals surface area contributed by atoms with E-state index in [1.54, 1.807) is 0 Å². The molecule has 120 valence electrons. The van der Waals surface area contributed by atoms with Crippen LogP contribution in [0.2, 0.25) is 0 Å². The summed E-state index contributed by atoms with van der Waals surface area (Å²) in [4.78, 5) is 26.6. The Balaban J connectivity index is 2.17. The van der Waals surface area contributed by atoms with Gasteiger partial charge < -0.3 is 15.0 Å². The second-order valence-corrected chi connectivity index (χ2v) is 7.06. The summed E-state index contributed by atoms with van der Waals surface area (Å²) in [6.07, 6.45) is 2.92. The summed E-state index contributed by atoms with van der Waals surface area (Å²) in [7, 11) is 1.33. The molecule has 1 saturated heterocycles. The SMILES string of the molecule is COC(=O)N[C@H](C(=O)N1[C@@H]2CC[C@@H](C2)[C@H]1C(C)C)C(C)C. The molecule has 0 spiro atoms. The van der Waals surface area contributed by atoms with Crippen LogP contribution in [0.4, 0.5) is 4.79 Å². The molecule has 2 rings (SSSR count). The summed E-state index contributed by atoms with van der Waals surface area (Å²) >= 11 is 0. The Morgan fingerprint density at radius 3 is 2.38 bits per heavy atom. The molecule has 1 N–H and O–H groups in total. The van der Waals surface area contributed by atoms with Crippen LogP contribution in [-0.2, 0) is 9.53 Å². The molecule has 0 radical (unpaired) electrons. The van der Waals surface area contributed by atoms with Crippen LogP contribution in [-0.4, -0.2) is 42.1 Å². The first-order valence-corrected chi connectivity index (χ1v) is 8.03. The monoisotopic (exact) mass is 296 g/mol. The Hall–Kier alpha value is -1.26. The topological polar surface area (TPSA) is 58.6 Å². The van der Waals surface area contributed by atoms with Crippen LogP contribution in [0.25, 0.3) is 0 Å². The zero-order valence-electron chi connectivity index (χ0n) is 13.8. The number of likely N-dealkylation sites (tertiary alicyclic amines) is 1. The predicted octanol–water partition coefficient (Wildman–Crippen LogP) is 2.40. The van der Waals surface area contributed by atoms with Crippen molar-refractivity contribution in [3.8, 4) is 0 Å². The molecule has 1 aliphatic carbocycles. The number of fused-ring (bicyclic) bond motifs is 2. The Bertz CT molecular complexity index is 408. The minimum Gasteiger partial charge on any atom is -0.453 e. The molecule has 0 unspecified atom stereocenters. The Morgan fingerprint density at radius 1 is 1.19 bits per heavy atom. The van der Waals surface area contributed by atoms with Gasteiger partial charge in [-0.15, -0.1) is 0 Å². The van der Waals surface area contributed by atoms with Crippen LogP contribution in [0.3, 0.4) is 0 Å². The van der Waals surface area contributed by atoms with Gasteiger partial charge in [-0.2, -0.15) is 0 Å². The number of hydrogen-bond acceptors (Lipinski definition) is 3. The third-order valence-electron chi connectivity index (χ3n) is 4.97. The minimum atomic E-state index is -0.535. The maximum absolute atomic E-state index is 13.0. The van der Waals surface area contributed by atoms with E-state index in [0.717, 1.165) is 12.8 Å². The molecule has 1 heterocycles. The maximum Gasteiger partial charge on any atom is 0.407 e. The van der Waals surface area contributed by atoms with E-state index in [0.29, 0.717) is 23.9 Å². The number of nitrogens with zero attached hydrogens (tertiary/aromatic N) is 1. The second kappa shape index (κ2) is 6.24. The fraction of sp³-hybridized carbons (Fsp3) is 0.875. The fourth-order valence-corrected chi connectivity index (χ4v) is 4.08. The number of nitrogens with one attached hydrogen (secondary N) is 1. The number of carbonyl (C=O) groups excluding carboxylic acids is 2. The number of hydrogen-bond donors (Lipinski definition) is 1. The number of methoxy groups -OCH3 is 1. The second-order valence-electron chi connectivity index (χ2n) is 7.06. The molecular formula is C16H28N2O3. The fourth-order valence-electron chi connectivity index (χ4n) is 4.08. The van der Waals surface area contributed by atoms with Crippen molar-refractivity contribution >= 4 is 12.0 Å². The van der Waals surface area contributed by atoms with Gasteiger partial charge in [0, 0.05) is 12.1 Å². The highest BCUT2D eigenvalue weighted by Gasteiger charge is 2.50. The highest BCUT2D eigenvalue weighted by Crippen LogP contribution is 2.45. The van der Waals surface area contributed by atoms with E-state index in [-0.39, 0.29) is 11.8 Å². The van der Waals surface area contributed by atoms with Gasteiger partial charge >= 0.3 is 6.09 Å². The summed E-state index contributed by atoms with van der Waals surface area (Å²) in [6.45, 7) is 8.28. The largest absolute Gasteiger partial charge is 0.453 e. The normalized spacial score (nSPS) is 29.1. The number of piperidine rings is 1. The van der Waals surface area contributed by atoms with Gasteiger partial charge in [-0.05, 0) is 37.0 Å². The number of amides is 2. The van der Waals surface area contributed by atoms with Gasteiger partial charge in [0.05, 0.1) is 7.11 Å². The summed E-state index contributed by atoms with van der Waals surface area (Å²) in [5.74, 6) is 1.19. The maximum atomic E-state index is 13.0. The molecule has 5 nitrogen and oxygen atoms in total. The lowest BCUT2D eigenvalue weighted by Gasteiger charge is -2.40. The predicted molar refractivity (Wildman–Crippen MR) is 80.8 cm³/mol. The quantitative estimate of drug-likeness (QED) is 0.866. The minimum absolute atomic E-state index is 0.0449. The Morgan fingerprint density at radius 2 is 1.86 bits per heavy atom. The molecule has 5 heteroatoms. The van der Waals surface area contributed by atoms with Crippen molar-refractivity contribution in [3.05, 3.63) is 0 Å². The summed E-state index contributed by atoms with van der Waals surface area (Å²) in [5.41, 5.74) is 0. The van der Waals surface area contributed by atoms with Crippen LogP contribution in [0.15, 0.2) is 0 Å². The van der Waals surface area contributed by atoms with Crippen molar-refractivity contribution in [1.82, 2.24) is 10.2 Å². The van der Waals surface area contributed by atoms with Crippen LogP contribution in [0.1, 0.15) is 47.0 Å². The Labute approximate surface area is 127 Å². The zero-order valence-corrected chi connectivity index (χ0v) is 13.8. The molecule has 21 heavy (non-hydrogen) atoms. The van der Waals surface area contributed by atoms with Gasteiger partial charge in [0.2, 0.25) is 5.91 Å². The number of alkyl carbamates (subject to hydrolysis) is 1. The summed E-state index contributed by atoms with van der Waals surface area (Å²) in [5, 5.41) is 2.71. The number of carbonyl (C=O) groups is 2. The number of rotatable bonds is 4. The van der Waals surface area contributed by atoms with Crippen LogP contribution in [0.5, 0.6) is 0 Å². The standard InChI is InChI=1S/C16H28N2O3/c1-9(2)13(17-16(20)21-5)15(19)18-12-7-6-11(8-12)14(18)10(3)4/h9-14H,6-8H2,1-5H3,(H,17,20)/t11-,12+,13-,14+/m0/s1. The van der Waals surface area contributed by atoms with Crippen molar-refractivity contribution in [2.24, 2.45) is 17.8 Å². The summed E-state index contributed by atoms with van der Waals surface area (Å²) in [6, 6.07) is 0.172. The molecule has 0 aromatic carbocycles. The number of ether oxygens (including phenoxy) is 1. The van der Waals surface area contributed by atoms with E-state index in [9.17, 15) is 9.59 Å². The van der Waals surface area contributed by atoms with Crippen molar-refractivity contribution in [2.45, 2.75) is 65.1 Å². The molecular weight excluding hydrogens is 268 g/mol. The average molecular weight is 296 g/mol. The van der Waals surface area contributed by atoms with Crippen molar-refractivity contribution < 1.29 is 14.3 Å². The molecule has 0 aromatic rings. The highest BCUT2D eigenvalue weighted by atomic mass is 16.5. The third-order valence-corrected chi connectivity index (χ3v) is 4.97. The van der Waals surface area contributed by atoms with Crippen molar-refractivity contribution in [1.29, 1.82) is 0 Å². The molecule has 2 aliphatic rings. The van der Waals surface area contributed by atoms with E-state index in [2.05, 4.69) is 28.8 Å². The van der Waals surface area contributed by atoms with E-state index in [1.807, 2.05) is 13.8 Å². The summed E-state index contributed by atoms with van der Waals surface area (Å²) < 4.78 is 4.66. The van der Waals surface area contributed by atoms with Gasteiger partial charge in [0.1, 0.15) is 6.04 Å². The highest BCUT2D eigenvalue weighted by molar-refractivity contribution is 5.86. The lowest BCUT2D eigenvalue weighted by atomic mass is 9.88. The third kappa shape index (κ3) is 3.01. The lowest BCUT2D eigenvalue weighted by molar-refractivity contribution is -0.140. The van der Waals surface area contributed by atoms with Crippen LogP contribution in [0, 0.1) is 17.8 Å². The molecule has 2 bridgehead atoms. The van der Waals surface area contributed by atoms with E-state index >= 15 is 0 Å². The first-order chi connectivity index (χ1) is 9.86. The molecule has 2 amide bonds. The van der Waals surface area contributed by atoms with Gasteiger partial charge in [0.25, 0.3) is 0 Å². The van der Waals surface area contributed by atoms with E-state index in [1.165, 1.54) is 13.5 Å². The van der Waals surface area contributed by atoms with Gasteiger partial charge in [-0.1, -0.05) is 27.7 Å². The van der Waals surface area contributed by atoms with Crippen LogP contribution < -0.4 is 5.32 Å². The van der Waals surface area contributed by atoms with E-state index < -0.39 is 12.1 Å². The smallest absolute Gasteiger partial charge is 0.407 e. The molecule has 2 fully saturated rings.